The Balaban J connectivity index is 1.74. The predicted molar refractivity (Wildman–Crippen MR) is 96.9 cm³/mol. The minimum absolute atomic E-state index is 0.0236. The molecular formula is C17H26N4O2S. The highest BCUT2D eigenvalue weighted by Crippen LogP contribution is 2.31. The highest BCUT2D eigenvalue weighted by molar-refractivity contribution is 7.80. The van der Waals surface area contributed by atoms with Crippen LogP contribution in [0.2, 0.25) is 0 Å². The number of carbonyl (C=O) groups is 2. The monoisotopic (exact) mass is 350 g/mol. The maximum Gasteiger partial charge on any atom is 0.247 e. The average molecular weight is 350 g/mol. The summed E-state index contributed by atoms with van der Waals surface area (Å²) in [7, 11) is 0. The second kappa shape index (κ2) is 5.88. The lowest BCUT2D eigenvalue weighted by molar-refractivity contribution is -0.138. The van der Waals surface area contributed by atoms with E-state index in [1.54, 1.807) is 4.90 Å². The molecule has 1 atom stereocenters. The number of amides is 2. The third-order valence-corrected chi connectivity index (χ3v) is 5.06. The molecule has 6 nitrogen and oxygen atoms in total. The highest BCUT2D eigenvalue weighted by atomic mass is 32.1. The van der Waals surface area contributed by atoms with Gasteiger partial charge < -0.3 is 10.6 Å². The van der Waals surface area contributed by atoms with Gasteiger partial charge in [0.15, 0.2) is 11.0 Å². The molecule has 3 fully saturated rings. The Morgan fingerprint density at radius 3 is 2.29 bits per heavy atom. The molecule has 2 N–H and O–H groups in total. The SMILES string of the molecule is CC1(C)CC(N=CC2C(=O)NC(=S)N(C3CC3)C2=O)CC(C)(C)N1. The molecule has 2 aliphatic heterocycles. The summed E-state index contributed by atoms with van der Waals surface area (Å²) in [5.74, 6) is -1.46. The first-order valence-corrected chi connectivity index (χ1v) is 8.99. The molecule has 2 amide bonds. The van der Waals surface area contributed by atoms with Crippen LogP contribution in [0.25, 0.3) is 0 Å². The number of rotatable bonds is 3. The van der Waals surface area contributed by atoms with Gasteiger partial charge in [0.25, 0.3) is 0 Å². The third-order valence-electron chi connectivity index (χ3n) is 4.76. The fourth-order valence-corrected chi connectivity index (χ4v) is 4.34. The zero-order valence-corrected chi connectivity index (χ0v) is 15.6. The van der Waals surface area contributed by atoms with Crippen molar-refractivity contribution in [3.05, 3.63) is 0 Å². The molecule has 1 unspecified atom stereocenters. The standard InChI is InChI=1S/C17H26N4O2S/c1-16(2)7-10(8-17(3,4)20-16)18-9-12-13(22)19-15(24)21(14(12)23)11-5-6-11/h9-12,20H,5-8H2,1-4H3,(H,19,22,24). The van der Waals surface area contributed by atoms with E-state index in [-0.39, 0.29) is 40.1 Å². The van der Waals surface area contributed by atoms with Crippen molar-refractivity contribution in [1.29, 1.82) is 0 Å². The number of hydrogen-bond donors (Lipinski definition) is 2. The predicted octanol–water partition coefficient (Wildman–Crippen LogP) is 1.39. The van der Waals surface area contributed by atoms with Gasteiger partial charge in [0.1, 0.15) is 0 Å². The van der Waals surface area contributed by atoms with Gasteiger partial charge in [-0.3, -0.25) is 19.5 Å². The van der Waals surface area contributed by atoms with Gasteiger partial charge in [0, 0.05) is 23.3 Å². The number of piperidine rings is 1. The van der Waals surface area contributed by atoms with E-state index in [4.69, 9.17) is 12.2 Å². The molecule has 1 saturated carbocycles. The van der Waals surface area contributed by atoms with E-state index in [0.717, 1.165) is 25.7 Å². The summed E-state index contributed by atoms with van der Waals surface area (Å²) >= 11 is 5.14. The topological polar surface area (TPSA) is 73.8 Å². The van der Waals surface area contributed by atoms with Crippen molar-refractivity contribution >= 4 is 35.4 Å². The van der Waals surface area contributed by atoms with Crippen LogP contribution in [0.4, 0.5) is 0 Å². The Morgan fingerprint density at radius 1 is 1.17 bits per heavy atom. The van der Waals surface area contributed by atoms with Crippen LogP contribution in [0.15, 0.2) is 4.99 Å². The molecule has 0 spiro atoms. The summed E-state index contributed by atoms with van der Waals surface area (Å²) in [6.45, 7) is 8.62. The smallest absolute Gasteiger partial charge is 0.247 e. The fraction of sp³-hybridized carbons (Fsp3) is 0.765. The third kappa shape index (κ3) is 3.67. The van der Waals surface area contributed by atoms with Crippen LogP contribution in [0.3, 0.4) is 0 Å². The van der Waals surface area contributed by atoms with Crippen LogP contribution in [0.5, 0.6) is 0 Å². The molecule has 0 aromatic carbocycles. The summed E-state index contributed by atoms with van der Waals surface area (Å²) in [6, 6.07) is 0.248. The molecule has 3 rings (SSSR count). The second-order valence-electron chi connectivity index (χ2n) is 8.46. The lowest BCUT2D eigenvalue weighted by Crippen LogP contribution is -2.59. The molecule has 132 valence electrons. The van der Waals surface area contributed by atoms with Gasteiger partial charge in [-0.05, 0) is 65.6 Å². The molecular weight excluding hydrogens is 324 g/mol. The number of nitrogens with zero attached hydrogens (tertiary/aromatic N) is 2. The van der Waals surface area contributed by atoms with E-state index >= 15 is 0 Å². The Labute approximate surface area is 148 Å². The summed E-state index contributed by atoms with van der Waals surface area (Å²) in [6.07, 6.45) is 5.18. The second-order valence-corrected chi connectivity index (χ2v) is 8.85. The van der Waals surface area contributed by atoms with Gasteiger partial charge in [-0.25, -0.2) is 0 Å². The van der Waals surface area contributed by atoms with Gasteiger partial charge in [-0.2, -0.15) is 0 Å². The van der Waals surface area contributed by atoms with Crippen LogP contribution >= 0.6 is 12.2 Å². The molecule has 7 heteroatoms. The number of carbonyl (C=O) groups excluding carboxylic acids is 2. The van der Waals surface area contributed by atoms with Gasteiger partial charge in [-0.15, -0.1) is 0 Å². The first-order valence-electron chi connectivity index (χ1n) is 8.58. The average Bonchev–Trinajstić information content (AvgIpc) is 3.18. The molecule has 24 heavy (non-hydrogen) atoms. The van der Waals surface area contributed by atoms with Crippen molar-refractivity contribution in [1.82, 2.24) is 15.5 Å². The normalized spacial score (nSPS) is 30.8. The van der Waals surface area contributed by atoms with Gasteiger partial charge in [0.05, 0.1) is 6.04 Å². The zero-order valence-electron chi connectivity index (χ0n) is 14.8. The number of thiocarbonyl (C=S) groups is 1. The lowest BCUT2D eigenvalue weighted by Gasteiger charge is -2.45. The van der Waals surface area contributed by atoms with E-state index in [2.05, 4.69) is 43.3 Å². The lowest BCUT2D eigenvalue weighted by atomic mass is 9.80. The van der Waals surface area contributed by atoms with Crippen molar-refractivity contribution < 1.29 is 9.59 Å². The van der Waals surface area contributed by atoms with E-state index < -0.39 is 5.92 Å². The van der Waals surface area contributed by atoms with Gasteiger partial charge >= 0.3 is 0 Å². The molecule has 0 bridgehead atoms. The number of nitrogens with one attached hydrogen (secondary N) is 2. The van der Waals surface area contributed by atoms with E-state index in [9.17, 15) is 9.59 Å². The Kier molecular flexibility index (Phi) is 4.28. The minimum Gasteiger partial charge on any atom is -0.307 e. The van der Waals surface area contributed by atoms with Crippen molar-refractivity contribution in [3.8, 4) is 0 Å². The van der Waals surface area contributed by atoms with Gasteiger partial charge in [-0.1, -0.05) is 0 Å². The van der Waals surface area contributed by atoms with Crippen LogP contribution < -0.4 is 10.6 Å². The van der Waals surface area contributed by atoms with Crippen molar-refractivity contribution in [2.75, 3.05) is 0 Å². The Morgan fingerprint density at radius 2 is 1.75 bits per heavy atom. The van der Waals surface area contributed by atoms with E-state index in [0.29, 0.717) is 0 Å². The summed E-state index contributed by atoms with van der Waals surface area (Å²) < 4.78 is 0. The maximum atomic E-state index is 12.6. The largest absolute Gasteiger partial charge is 0.307 e. The summed E-state index contributed by atoms with van der Waals surface area (Å²) in [5.41, 5.74) is -0.0472. The molecule has 0 aromatic rings. The maximum absolute atomic E-state index is 12.6. The van der Waals surface area contributed by atoms with E-state index in [1.807, 2.05) is 0 Å². The van der Waals surface area contributed by atoms with Crippen LogP contribution in [-0.4, -0.2) is 51.2 Å². The van der Waals surface area contributed by atoms with Gasteiger partial charge in [0.2, 0.25) is 11.8 Å². The van der Waals surface area contributed by atoms with Crippen LogP contribution in [0.1, 0.15) is 53.4 Å². The van der Waals surface area contributed by atoms with Crippen molar-refractivity contribution in [3.63, 3.8) is 0 Å². The van der Waals surface area contributed by atoms with Crippen LogP contribution in [0, 0.1) is 5.92 Å². The number of aliphatic imine (C=N–C) groups is 1. The summed E-state index contributed by atoms with van der Waals surface area (Å²) in [4.78, 5) is 31.0. The molecule has 2 saturated heterocycles. The number of hydrogen-bond acceptors (Lipinski definition) is 5. The van der Waals surface area contributed by atoms with Crippen molar-refractivity contribution in [2.45, 2.75) is 76.5 Å². The first-order chi connectivity index (χ1) is 11.1. The minimum atomic E-state index is -0.863. The molecule has 0 aromatic heterocycles. The molecule has 3 aliphatic rings. The Hall–Kier alpha value is -1.34. The Bertz CT molecular complexity index is 594. The zero-order chi connectivity index (χ0) is 17.7. The van der Waals surface area contributed by atoms with Crippen molar-refractivity contribution in [2.24, 2.45) is 10.9 Å². The quantitative estimate of drug-likeness (QED) is 0.458. The highest BCUT2D eigenvalue weighted by Gasteiger charge is 2.45. The fourth-order valence-electron chi connectivity index (χ4n) is 4.00. The molecule has 1 aliphatic carbocycles. The van der Waals surface area contributed by atoms with Crippen LogP contribution in [-0.2, 0) is 9.59 Å². The first kappa shape index (κ1) is 17.5. The molecule has 2 heterocycles. The van der Waals surface area contributed by atoms with E-state index in [1.165, 1.54) is 6.21 Å². The summed E-state index contributed by atoms with van der Waals surface area (Å²) in [5, 5.41) is 6.49. The molecule has 0 radical (unpaired) electrons.